The lowest BCUT2D eigenvalue weighted by Gasteiger charge is -2.34. The van der Waals surface area contributed by atoms with Gasteiger partial charge in [-0.1, -0.05) is 17.7 Å². The number of carbonyl (C=O) groups is 2. The Kier molecular flexibility index (Phi) is 9.02. The van der Waals surface area contributed by atoms with Gasteiger partial charge in [-0.2, -0.15) is 5.10 Å². The Morgan fingerprint density at radius 3 is 2.82 bits per heavy atom. The van der Waals surface area contributed by atoms with Gasteiger partial charge < -0.3 is 30.3 Å². The molecule has 242 valence electrons. The zero-order valence-corrected chi connectivity index (χ0v) is 26.4. The normalized spacial score (nSPS) is 20.4. The number of nitrogens with two attached hydrogens (primary N) is 1. The molecule has 0 radical (unpaired) electrons. The molecule has 0 saturated carbocycles. The highest BCUT2D eigenvalue weighted by Gasteiger charge is 2.34. The minimum Gasteiger partial charge on any atom is -0.490 e. The smallest absolute Gasteiger partial charge is 0.410 e. The third-order valence-electron chi connectivity index (χ3n) is 8.47. The Bertz CT molecular complexity index is 1600. The molecule has 0 aliphatic carbocycles. The SMILES string of the molecule is COC(=O)N1CC=C(c2cc(N3CCC[C@@H](NC(=O)c4sc(Cl)cc4OCCN4CCC(F)(F)CC4)C3)c3c(N)ncnn23)C1. The highest BCUT2D eigenvalue weighted by Crippen LogP contribution is 2.36. The summed E-state index contributed by atoms with van der Waals surface area (Å²) in [6.45, 7) is 3.45. The number of anilines is 2. The van der Waals surface area contributed by atoms with Crippen molar-refractivity contribution in [3.63, 3.8) is 0 Å². The molecule has 6 heterocycles. The lowest BCUT2D eigenvalue weighted by molar-refractivity contribution is -0.0564. The lowest BCUT2D eigenvalue weighted by Crippen LogP contribution is -2.47. The van der Waals surface area contributed by atoms with Crippen LogP contribution in [0, 0.1) is 0 Å². The van der Waals surface area contributed by atoms with Crippen LogP contribution < -0.4 is 20.7 Å². The van der Waals surface area contributed by atoms with E-state index in [0.717, 1.165) is 47.7 Å². The first-order valence-corrected chi connectivity index (χ1v) is 16.0. The molecule has 16 heteroatoms. The fourth-order valence-corrected chi connectivity index (χ4v) is 7.15. The van der Waals surface area contributed by atoms with E-state index in [1.807, 2.05) is 17.0 Å². The number of methoxy groups -OCH3 is 1. The monoisotopic (exact) mass is 664 g/mol. The van der Waals surface area contributed by atoms with E-state index in [0.29, 0.717) is 65.6 Å². The number of rotatable bonds is 8. The number of amides is 2. The fourth-order valence-electron chi connectivity index (χ4n) is 6.09. The van der Waals surface area contributed by atoms with E-state index in [-0.39, 0.29) is 31.4 Å². The van der Waals surface area contributed by atoms with Crippen molar-refractivity contribution >= 4 is 57.5 Å². The van der Waals surface area contributed by atoms with E-state index >= 15 is 0 Å². The number of piperidine rings is 2. The second-order valence-electron chi connectivity index (χ2n) is 11.4. The zero-order chi connectivity index (χ0) is 31.7. The summed E-state index contributed by atoms with van der Waals surface area (Å²) in [7, 11) is 1.36. The van der Waals surface area contributed by atoms with Crippen molar-refractivity contribution in [3.05, 3.63) is 39.4 Å². The predicted octanol–water partition coefficient (Wildman–Crippen LogP) is 4.00. The average Bonchev–Trinajstić information content (AvgIpc) is 3.75. The Labute approximate surface area is 267 Å². The van der Waals surface area contributed by atoms with Crippen LogP contribution in [0.2, 0.25) is 4.34 Å². The first-order chi connectivity index (χ1) is 21.6. The van der Waals surface area contributed by atoms with Crippen molar-refractivity contribution in [1.82, 2.24) is 29.7 Å². The van der Waals surface area contributed by atoms with Gasteiger partial charge >= 0.3 is 6.09 Å². The molecule has 0 unspecified atom stereocenters. The molecule has 6 rings (SSSR count). The van der Waals surface area contributed by atoms with Crippen molar-refractivity contribution in [2.24, 2.45) is 0 Å². The van der Waals surface area contributed by atoms with E-state index < -0.39 is 12.0 Å². The molecule has 3 aromatic heterocycles. The standard InChI is InChI=1S/C29H35ClF2N8O4S/c1-43-28(42)39-8-4-18(15-39)20-13-21(24-26(33)34-17-35-40(20)24)38-7-2-3-19(16-38)36-27(41)25-22(14-23(30)45-25)44-12-11-37-9-5-29(31,32)6-10-37/h4,13-14,17,19H,2-3,5-12,15-16H2,1H3,(H,36,41)(H2,33,34,35)/t19-/m1/s1. The van der Waals surface area contributed by atoms with Gasteiger partial charge in [-0.3, -0.25) is 9.69 Å². The van der Waals surface area contributed by atoms with Gasteiger partial charge in [0.15, 0.2) is 5.82 Å². The third-order valence-corrected chi connectivity index (χ3v) is 9.71. The molecule has 45 heavy (non-hydrogen) atoms. The molecule has 3 aromatic rings. The Morgan fingerprint density at radius 1 is 1.24 bits per heavy atom. The molecule has 0 aromatic carbocycles. The van der Waals surface area contributed by atoms with E-state index in [1.165, 1.54) is 13.4 Å². The first-order valence-electron chi connectivity index (χ1n) is 14.8. The molecular weight excluding hydrogens is 630 g/mol. The maximum Gasteiger partial charge on any atom is 0.410 e. The van der Waals surface area contributed by atoms with Crippen LogP contribution in [0.25, 0.3) is 11.1 Å². The van der Waals surface area contributed by atoms with Gasteiger partial charge in [0.1, 0.15) is 29.1 Å². The van der Waals surface area contributed by atoms with Crippen LogP contribution in [-0.2, 0) is 4.74 Å². The van der Waals surface area contributed by atoms with Gasteiger partial charge in [0.05, 0.1) is 29.4 Å². The molecule has 1 atom stereocenters. The second-order valence-corrected chi connectivity index (χ2v) is 13.1. The molecular formula is C29H35ClF2N8O4S. The number of fused-ring (bicyclic) bond motifs is 1. The van der Waals surface area contributed by atoms with Gasteiger partial charge in [-0.25, -0.2) is 23.1 Å². The molecule has 3 aliphatic heterocycles. The summed E-state index contributed by atoms with van der Waals surface area (Å²) in [6.07, 6.45) is 4.26. The zero-order valence-electron chi connectivity index (χ0n) is 24.8. The molecule has 2 amide bonds. The lowest BCUT2D eigenvalue weighted by atomic mass is 10.0. The van der Waals surface area contributed by atoms with Crippen LogP contribution in [-0.4, -0.2) is 108 Å². The van der Waals surface area contributed by atoms with Crippen molar-refractivity contribution in [2.75, 3.05) is 70.2 Å². The summed E-state index contributed by atoms with van der Waals surface area (Å²) in [4.78, 5) is 35.8. The maximum atomic E-state index is 13.5. The fraction of sp³-hybridized carbons (Fsp3) is 0.517. The highest BCUT2D eigenvalue weighted by atomic mass is 35.5. The minimum atomic E-state index is -2.60. The van der Waals surface area contributed by atoms with E-state index in [4.69, 9.17) is 26.8 Å². The predicted molar refractivity (Wildman–Crippen MR) is 168 cm³/mol. The summed E-state index contributed by atoms with van der Waals surface area (Å²) in [5.74, 6) is -2.17. The summed E-state index contributed by atoms with van der Waals surface area (Å²) in [6, 6.07) is 3.46. The van der Waals surface area contributed by atoms with Crippen molar-refractivity contribution < 1.29 is 27.8 Å². The summed E-state index contributed by atoms with van der Waals surface area (Å²) in [5.41, 5.74) is 9.58. The minimum absolute atomic E-state index is 0.157. The Balaban J connectivity index is 1.12. The molecule has 0 bridgehead atoms. The van der Waals surface area contributed by atoms with Crippen LogP contribution in [0.5, 0.6) is 5.75 Å². The quantitative estimate of drug-likeness (QED) is 0.367. The molecule has 3 N–H and O–H groups in total. The molecule has 12 nitrogen and oxygen atoms in total. The van der Waals surface area contributed by atoms with Gasteiger partial charge in [0, 0.05) is 64.2 Å². The number of alkyl halides is 2. The average molecular weight is 665 g/mol. The van der Waals surface area contributed by atoms with Crippen LogP contribution >= 0.6 is 22.9 Å². The number of nitrogen functional groups attached to an aromatic ring is 1. The summed E-state index contributed by atoms with van der Waals surface area (Å²) in [5, 5.41) is 7.61. The number of nitrogens with one attached hydrogen (secondary N) is 1. The first kappa shape index (κ1) is 31.3. The van der Waals surface area contributed by atoms with Gasteiger partial charge in [0.2, 0.25) is 0 Å². The topological polar surface area (TPSA) is 131 Å². The molecule has 2 fully saturated rings. The van der Waals surface area contributed by atoms with Crippen LogP contribution in [0.15, 0.2) is 24.5 Å². The number of hydrogen-bond acceptors (Lipinski definition) is 10. The molecule has 3 aliphatic rings. The third kappa shape index (κ3) is 6.79. The van der Waals surface area contributed by atoms with Gasteiger partial charge in [-0.05, 0) is 24.5 Å². The highest BCUT2D eigenvalue weighted by molar-refractivity contribution is 7.18. The van der Waals surface area contributed by atoms with E-state index in [2.05, 4.69) is 20.3 Å². The summed E-state index contributed by atoms with van der Waals surface area (Å²) < 4.78 is 39.9. The van der Waals surface area contributed by atoms with Crippen molar-refractivity contribution in [3.8, 4) is 5.75 Å². The molecule has 2 saturated heterocycles. The van der Waals surface area contributed by atoms with Crippen molar-refractivity contribution in [2.45, 2.75) is 37.6 Å². The Hall–Kier alpha value is -3.69. The number of ether oxygens (including phenoxy) is 2. The van der Waals surface area contributed by atoms with Gasteiger partial charge in [0.25, 0.3) is 11.8 Å². The second kappa shape index (κ2) is 13.0. The summed E-state index contributed by atoms with van der Waals surface area (Å²) >= 11 is 7.41. The Morgan fingerprint density at radius 2 is 2.04 bits per heavy atom. The number of thiophene rings is 1. The largest absolute Gasteiger partial charge is 0.490 e. The van der Waals surface area contributed by atoms with E-state index in [9.17, 15) is 18.4 Å². The number of halogens is 3. The van der Waals surface area contributed by atoms with Crippen LogP contribution in [0.3, 0.4) is 0 Å². The van der Waals surface area contributed by atoms with Gasteiger partial charge in [-0.15, -0.1) is 11.3 Å². The number of aromatic nitrogens is 3. The van der Waals surface area contributed by atoms with Crippen LogP contribution in [0.1, 0.15) is 41.0 Å². The van der Waals surface area contributed by atoms with E-state index in [1.54, 1.807) is 15.5 Å². The number of hydrogen-bond donors (Lipinski definition) is 2. The van der Waals surface area contributed by atoms with Crippen LogP contribution in [0.4, 0.5) is 25.1 Å². The molecule has 0 spiro atoms. The van der Waals surface area contributed by atoms with Crippen molar-refractivity contribution in [1.29, 1.82) is 0 Å². The number of likely N-dealkylation sites (tertiary alicyclic amines) is 1. The maximum absolute atomic E-state index is 13.5. The number of nitrogens with zero attached hydrogens (tertiary/aromatic N) is 6. The number of carbonyl (C=O) groups excluding carboxylic acids is 2.